The first kappa shape index (κ1) is 25.7. The van der Waals surface area contributed by atoms with E-state index in [2.05, 4.69) is 21.9 Å². The number of phenolic OH excluding ortho intramolecular Hbond substituents is 1. The molecular weight excluding hydrogens is 439 g/mol. The van der Waals surface area contributed by atoms with Gasteiger partial charge in [-0.05, 0) is 17.7 Å². The van der Waals surface area contributed by atoms with Crippen molar-refractivity contribution in [2.24, 2.45) is 0 Å². The zero-order chi connectivity index (χ0) is 19.9. The van der Waals surface area contributed by atoms with Crippen LogP contribution in [0.15, 0.2) is 42.5 Å². The lowest BCUT2D eigenvalue weighted by Crippen LogP contribution is -2.36. The molecule has 2 aliphatic rings. The number of ether oxygens (including phenoxy) is 3. The Balaban J connectivity index is 0.00000171. The summed E-state index contributed by atoms with van der Waals surface area (Å²) in [6.45, 7) is 8.41. The van der Waals surface area contributed by atoms with Gasteiger partial charge in [0.2, 0.25) is 0 Å². The monoisotopic (exact) mass is 470 g/mol. The molecule has 31 heavy (non-hydrogen) atoms. The normalized spacial score (nSPS) is 17.4. The van der Waals surface area contributed by atoms with Crippen LogP contribution >= 0.6 is 24.8 Å². The predicted octanol–water partition coefficient (Wildman–Crippen LogP) is 3.48. The number of nitrogens with zero attached hydrogens (tertiary/aromatic N) is 2. The zero-order valence-corrected chi connectivity index (χ0v) is 19.3. The Hall–Kier alpha value is -1.54. The maximum atomic E-state index is 11.0. The Labute approximate surface area is 196 Å². The molecule has 4 rings (SSSR count). The molecule has 2 aromatic rings. The molecule has 2 aromatic carbocycles. The molecule has 0 radical (unpaired) electrons. The van der Waals surface area contributed by atoms with E-state index < -0.39 is 0 Å². The first-order chi connectivity index (χ1) is 14.3. The molecule has 0 atom stereocenters. The molecule has 8 heteroatoms. The van der Waals surface area contributed by atoms with Crippen molar-refractivity contribution in [3.8, 4) is 11.5 Å². The van der Waals surface area contributed by atoms with Crippen molar-refractivity contribution in [3.63, 3.8) is 0 Å². The van der Waals surface area contributed by atoms with E-state index in [1.54, 1.807) is 0 Å². The van der Waals surface area contributed by atoms with E-state index in [9.17, 15) is 5.11 Å². The summed E-state index contributed by atoms with van der Waals surface area (Å²) in [5.41, 5.74) is 2.96. The number of halogens is 2. The third kappa shape index (κ3) is 7.52. The Morgan fingerprint density at radius 3 is 1.74 bits per heavy atom. The van der Waals surface area contributed by atoms with Gasteiger partial charge in [-0.2, -0.15) is 0 Å². The highest BCUT2D eigenvalue weighted by molar-refractivity contribution is 5.85. The second kappa shape index (κ2) is 13.1. The van der Waals surface area contributed by atoms with Crippen LogP contribution < -0.4 is 4.74 Å². The molecule has 172 valence electrons. The quantitative estimate of drug-likeness (QED) is 0.668. The van der Waals surface area contributed by atoms with Gasteiger partial charge >= 0.3 is 0 Å². The molecule has 2 saturated heterocycles. The van der Waals surface area contributed by atoms with E-state index in [0.29, 0.717) is 25.4 Å². The van der Waals surface area contributed by atoms with Crippen molar-refractivity contribution >= 4 is 24.8 Å². The average Bonchev–Trinajstić information content (AvgIpc) is 2.77. The summed E-state index contributed by atoms with van der Waals surface area (Å²) in [6.07, 6.45) is 0. The highest BCUT2D eigenvalue weighted by atomic mass is 35.5. The lowest BCUT2D eigenvalue weighted by atomic mass is 10.1. The summed E-state index contributed by atoms with van der Waals surface area (Å²) in [4.78, 5) is 4.64. The fraction of sp³-hybridized carbons (Fsp3) is 0.478. The van der Waals surface area contributed by atoms with E-state index in [4.69, 9.17) is 14.2 Å². The maximum Gasteiger partial charge on any atom is 0.124 e. The smallest absolute Gasteiger partial charge is 0.124 e. The van der Waals surface area contributed by atoms with Gasteiger partial charge in [0, 0.05) is 50.4 Å². The van der Waals surface area contributed by atoms with Gasteiger partial charge < -0.3 is 19.3 Å². The van der Waals surface area contributed by atoms with Gasteiger partial charge in [-0.1, -0.05) is 30.3 Å². The van der Waals surface area contributed by atoms with E-state index >= 15 is 0 Å². The topological polar surface area (TPSA) is 54.4 Å². The number of hydrogen-bond donors (Lipinski definition) is 1. The largest absolute Gasteiger partial charge is 0.507 e. The van der Waals surface area contributed by atoms with E-state index in [1.807, 2.05) is 30.3 Å². The van der Waals surface area contributed by atoms with Crippen LogP contribution in [0.25, 0.3) is 0 Å². The third-order valence-electron chi connectivity index (χ3n) is 5.48. The molecule has 0 aliphatic carbocycles. The zero-order valence-electron chi connectivity index (χ0n) is 17.7. The van der Waals surface area contributed by atoms with Crippen molar-refractivity contribution in [2.45, 2.75) is 19.7 Å². The molecule has 0 saturated carbocycles. The second-order valence-electron chi connectivity index (χ2n) is 7.64. The highest BCUT2D eigenvalue weighted by Gasteiger charge is 2.19. The standard InChI is InChI=1S/C23H30N2O4.2ClH/c26-23-20(16-24-6-10-27-11-7-24)14-22(29-18-19-4-2-1-3-5-19)15-21(23)17-25-8-12-28-13-9-25;;/h1-5,14-15,26H,6-13,16-18H2;2*1H. The van der Waals surface area contributed by atoms with Crippen molar-refractivity contribution in [1.82, 2.24) is 9.80 Å². The molecule has 0 unspecified atom stereocenters. The van der Waals surface area contributed by atoms with Crippen LogP contribution in [0.1, 0.15) is 16.7 Å². The van der Waals surface area contributed by atoms with Gasteiger partial charge in [0.25, 0.3) is 0 Å². The number of phenols is 1. The minimum atomic E-state index is 0. The first-order valence-electron chi connectivity index (χ1n) is 10.4. The van der Waals surface area contributed by atoms with Crippen LogP contribution in [0.5, 0.6) is 11.5 Å². The van der Waals surface area contributed by atoms with Crippen LogP contribution in [0, 0.1) is 0 Å². The molecule has 0 aromatic heterocycles. The molecule has 2 aliphatic heterocycles. The van der Waals surface area contributed by atoms with Crippen LogP contribution in [0.4, 0.5) is 0 Å². The summed E-state index contributed by atoms with van der Waals surface area (Å²) in [5.74, 6) is 1.19. The number of benzene rings is 2. The Morgan fingerprint density at radius 1 is 0.774 bits per heavy atom. The van der Waals surface area contributed by atoms with Crippen LogP contribution in [0.2, 0.25) is 0 Å². The second-order valence-corrected chi connectivity index (χ2v) is 7.64. The minimum Gasteiger partial charge on any atom is -0.507 e. The molecular formula is C23H32Cl2N2O4. The molecule has 0 bridgehead atoms. The molecule has 2 fully saturated rings. The number of morpholine rings is 2. The third-order valence-corrected chi connectivity index (χ3v) is 5.48. The molecule has 6 nitrogen and oxygen atoms in total. The lowest BCUT2D eigenvalue weighted by molar-refractivity contribution is 0.0327. The first-order valence-corrected chi connectivity index (χ1v) is 10.4. The lowest BCUT2D eigenvalue weighted by Gasteiger charge is -2.29. The van der Waals surface area contributed by atoms with Crippen LogP contribution in [0.3, 0.4) is 0 Å². The summed E-state index contributed by atoms with van der Waals surface area (Å²) in [7, 11) is 0. The van der Waals surface area contributed by atoms with Gasteiger partial charge in [0.05, 0.1) is 26.4 Å². The average molecular weight is 471 g/mol. The van der Waals surface area contributed by atoms with Gasteiger partial charge in [0.1, 0.15) is 18.1 Å². The van der Waals surface area contributed by atoms with Crippen molar-refractivity contribution in [1.29, 1.82) is 0 Å². The summed E-state index contributed by atoms with van der Waals surface area (Å²) >= 11 is 0. The molecule has 1 N–H and O–H groups in total. The van der Waals surface area contributed by atoms with Gasteiger partial charge in [0.15, 0.2) is 0 Å². The predicted molar refractivity (Wildman–Crippen MR) is 126 cm³/mol. The summed E-state index contributed by atoms with van der Waals surface area (Å²) in [5, 5.41) is 11.0. The van der Waals surface area contributed by atoms with Gasteiger partial charge in [-0.3, -0.25) is 9.80 Å². The van der Waals surface area contributed by atoms with Crippen molar-refractivity contribution < 1.29 is 19.3 Å². The van der Waals surface area contributed by atoms with Crippen LogP contribution in [-0.2, 0) is 29.2 Å². The molecule has 0 spiro atoms. The fourth-order valence-electron chi connectivity index (χ4n) is 3.79. The number of hydrogen-bond acceptors (Lipinski definition) is 6. The minimum absolute atomic E-state index is 0. The molecule has 0 amide bonds. The van der Waals surface area contributed by atoms with E-state index in [1.165, 1.54) is 0 Å². The number of aromatic hydroxyl groups is 1. The maximum absolute atomic E-state index is 11.0. The van der Waals surface area contributed by atoms with E-state index in [0.717, 1.165) is 75.0 Å². The number of rotatable bonds is 7. The molecule has 2 heterocycles. The van der Waals surface area contributed by atoms with Crippen molar-refractivity contribution in [2.75, 3.05) is 52.6 Å². The highest BCUT2D eigenvalue weighted by Crippen LogP contribution is 2.31. The van der Waals surface area contributed by atoms with Gasteiger partial charge in [-0.25, -0.2) is 0 Å². The van der Waals surface area contributed by atoms with Crippen LogP contribution in [-0.4, -0.2) is 67.5 Å². The fourth-order valence-corrected chi connectivity index (χ4v) is 3.79. The van der Waals surface area contributed by atoms with E-state index in [-0.39, 0.29) is 24.8 Å². The summed E-state index contributed by atoms with van der Waals surface area (Å²) in [6, 6.07) is 14.1. The Bertz CT molecular complexity index is 741. The van der Waals surface area contributed by atoms with Gasteiger partial charge in [-0.15, -0.1) is 24.8 Å². The summed E-state index contributed by atoms with van der Waals surface area (Å²) < 4.78 is 17.0. The Kier molecular flexibility index (Phi) is 10.9. The Morgan fingerprint density at radius 2 is 1.26 bits per heavy atom. The van der Waals surface area contributed by atoms with Crippen molar-refractivity contribution in [3.05, 3.63) is 59.2 Å². The SMILES string of the molecule is Cl.Cl.Oc1c(CN2CCOCC2)cc(OCc2ccccc2)cc1CN1CCOCC1.